The van der Waals surface area contributed by atoms with Gasteiger partial charge in [-0.15, -0.1) is 0 Å². The number of hydrogen-bond acceptors (Lipinski definition) is 3. The van der Waals surface area contributed by atoms with Gasteiger partial charge in [-0.2, -0.15) is 0 Å². The molecule has 2 saturated heterocycles. The number of piperidine rings is 2. The quantitative estimate of drug-likeness (QED) is 0.767. The second-order valence-corrected chi connectivity index (χ2v) is 5.86. The van der Waals surface area contributed by atoms with Crippen LogP contribution in [0.3, 0.4) is 0 Å². The van der Waals surface area contributed by atoms with Crippen molar-refractivity contribution in [3.8, 4) is 0 Å². The van der Waals surface area contributed by atoms with Crippen LogP contribution in [-0.2, 0) is 4.79 Å². The van der Waals surface area contributed by atoms with E-state index in [4.69, 9.17) is 0 Å². The van der Waals surface area contributed by atoms with Gasteiger partial charge < -0.3 is 4.90 Å². The van der Waals surface area contributed by atoms with Crippen molar-refractivity contribution in [3.63, 3.8) is 0 Å². The van der Waals surface area contributed by atoms with E-state index in [1.807, 2.05) is 6.92 Å². The fraction of sp³-hybridized carbons (Fsp3) is 0.933. The van der Waals surface area contributed by atoms with Crippen LogP contribution in [-0.4, -0.2) is 53.8 Å². The fourth-order valence-corrected chi connectivity index (χ4v) is 3.42. The molecular formula is C15H28N2O. The predicted molar refractivity (Wildman–Crippen MR) is 74.8 cm³/mol. The highest BCUT2D eigenvalue weighted by Crippen LogP contribution is 2.22. The summed E-state index contributed by atoms with van der Waals surface area (Å²) in [5.74, 6) is 0.395. The Morgan fingerprint density at radius 2 is 1.72 bits per heavy atom. The molecule has 3 nitrogen and oxygen atoms in total. The Balaban J connectivity index is 1.78. The highest BCUT2D eigenvalue weighted by Gasteiger charge is 2.28. The van der Waals surface area contributed by atoms with Crippen molar-refractivity contribution in [1.82, 2.24) is 9.80 Å². The number of likely N-dealkylation sites (tertiary alicyclic amines) is 2. The molecule has 2 fully saturated rings. The maximum absolute atomic E-state index is 11.7. The monoisotopic (exact) mass is 252 g/mol. The molecule has 0 aromatic rings. The maximum Gasteiger partial charge on any atom is 0.149 e. The first-order chi connectivity index (χ1) is 8.72. The summed E-state index contributed by atoms with van der Waals surface area (Å²) >= 11 is 0. The maximum atomic E-state index is 11.7. The smallest absolute Gasteiger partial charge is 0.149 e. The van der Waals surface area contributed by atoms with Crippen molar-refractivity contribution in [2.45, 2.75) is 64.5 Å². The van der Waals surface area contributed by atoms with Gasteiger partial charge in [-0.05, 0) is 45.7 Å². The average molecular weight is 252 g/mol. The zero-order valence-electron chi connectivity index (χ0n) is 12.0. The van der Waals surface area contributed by atoms with Gasteiger partial charge in [0.15, 0.2) is 0 Å². The summed E-state index contributed by atoms with van der Waals surface area (Å²) in [5, 5.41) is 0. The van der Waals surface area contributed by atoms with Crippen molar-refractivity contribution in [1.29, 1.82) is 0 Å². The molecule has 18 heavy (non-hydrogen) atoms. The molecule has 1 unspecified atom stereocenters. The Labute approximate surface area is 112 Å². The van der Waals surface area contributed by atoms with Crippen LogP contribution in [0, 0.1) is 0 Å². The topological polar surface area (TPSA) is 23.6 Å². The molecule has 0 spiro atoms. The fourth-order valence-electron chi connectivity index (χ4n) is 3.42. The van der Waals surface area contributed by atoms with Crippen molar-refractivity contribution >= 4 is 5.78 Å². The average Bonchev–Trinajstić information content (AvgIpc) is 2.47. The van der Waals surface area contributed by atoms with Gasteiger partial charge in [0.05, 0.1) is 6.04 Å². The van der Waals surface area contributed by atoms with Crippen molar-refractivity contribution in [3.05, 3.63) is 0 Å². The zero-order valence-corrected chi connectivity index (χ0v) is 12.0. The van der Waals surface area contributed by atoms with Gasteiger partial charge in [0.1, 0.15) is 5.78 Å². The molecule has 0 aromatic heterocycles. The molecular weight excluding hydrogens is 224 g/mol. The Kier molecular flexibility index (Phi) is 5.19. The summed E-state index contributed by atoms with van der Waals surface area (Å²) in [4.78, 5) is 16.8. The first-order valence-corrected chi connectivity index (χ1v) is 7.73. The van der Waals surface area contributed by atoms with Crippen LogP contribution in [0.15, 0.2) is 0 Å². The molecule has 0 bridgehead atoms. The van der Waals surface area contributed by atoms with Gasteiger partial charge in [0.2, 0.25) is 0 Å². The van der Waals surface area contributed by atoms with Gasteiger partial charge in [0.25, 0.3) is 0 Å². The number of rotatable bonds is 4. The molecule has 2 heterocycles. The van der Waals surface area contributed by atoms with Crippen LogP contribution in [0.4, 0.5) is 0 Å². The minimum Gasteiger partial charge on any atom is -0.300 e. The standard InChI is InChI=1S/C15H28N2O/c1-3-15(18)13(2)16-11-7-14(8-12-16)17-9-5-4-6-10-17/h13-14H,3-12H2,1-2H3. The van der Waals surface area contributed by atoms with Crippen LogP contribution in [0.25, 0.3) is 0 Å². The molecule has 2 rings (SSSR count). The summed E-state index contributed by atoms with van der Waals surface area (Å²) in [5.41, 5.74) is 0. The minimum atomic E-state index is 0.136. The number of carbonyl (C=O) groups excluding carboxylic acids is 1. The number of hydrogen-bond donors (Lipinski definition) is 0. The van der Waals surface area contributed by atoms with Gasteiger partial charge in [-0.25, -0.2) is 0 Å². The summed E-state index contributed by atoms with van der Waals surface area (Å²) in [6.45, 7) is 8.86. The van der Waals surface area contributed by atoms with E-state index in [1.165, 1.54) is 45.2 Å². The first kappa shape index (κ1) is 14.0. The number of ketones is 1. The molecule has 104 valence electrons. The van der Waals surface area contributed by atoms with E-state index in [-0.39, 0.29) is 6.04 Å². The lowest BCUT2D eigenvalue weighted by Crippen LogP contribution is -2.50. The molecule has 0 amide bonds. The highest BCUT2D eigenvalue weighted by atomic mass is 16.1. The minimum absolute atomic E-state index is 0.136. The van der Waals surface area contributed by atoms with E-state index in [2.05, 4.69) is 16.7 Å². The first-order valence-electron chi connectivity index (χ1n) is 7.73. The second kappa shape index (κ2) is 6.67. The molecule has 3 heteroatoms. The third-order valence-electron chi connectivity index (χ3n) is 4.77. The van der Waals surface area contributed by atoms with Crippen LogP contribution in [0.2, 0.25) is 0 Å². The van der Waals surface area contributed by atoms with Crippen molar-refractivity contribution < 1.29 is 4.79 Å². The van der Waals surface area contributed by atoms with Crippen molar-refractivity contribution in [2.75, 3.05) is 26.2 Å². The van der Waals surface area contributed by atoms with Crippen LogP contribution in [0.5, 0.6) is 0 Å². The van der Waals surface area contributed by atoms with E-state index in [0.29, 0.717) is 12.2 Å². The molecule has 0 radical (unpaired) electrons. The summed E-state index contributed by atoms with van der Waals surface area (Å²) in [6.07, 6.45) is 7.35. The Bertz CT molecular complexity index is 266. The zero-order chi connectivity index (χ0) is 13.0. The van der Waals surface area contributed by atoms with Crippen molar-refractivity contribution in [2.24, 2.45) is 0 Å². The van der Waals surface area contributed by atoms with Crippen LogP contribution < -0.4 is 0 Å². The lowest BCUT2D eigenvalue weighted by atomic mass is 9.98. The Morgan fingerprint density at radius 1 is 1.11 bits per heavy atom. The summed E-state index contributed by atoms with van der Waals surface area (Å²) < 4.78 is 0. The lowest BCUT2D eigenvalue weighted by molar-refractivity contribution is -0.124. The number of Topliss-reactive ketones (excluding diaryl/α,β-unsaturated/α-hetero) is 1. The summed E-state index contributed by atoms with van der Waals surface area (Å²) in [7, 11) is 0. The van der Waals surface area contributed by atoms with Crippen LogP contribution in [0.1, 0.15) is 52.4 Å². The van der Waals surface area contributed by atoms with Gasteiger partial charge >= 0.3 is 0 Å². The predicted octanol–water partition coefficient (Wildman–Crippen LogP) is 2.30. The SMILES string of the molecule is CCC(=O)C(C)N1CCC(N2CCCCC2)CC1. The Hall–Kier alpha value is -0.410. The van der Waals surface area contributed by atoms with Gasteiger partial charge in [-0.1, -0.05) is 13.3 Å². The largest absolute Gasteiger partial charge is 0.300 e. The molecule has 0 N–H and O–H groups in total. The molecule has 2 aliphatic heterocycles. The van der Waals surface area contributed by atoms with Gasteiger partial charge in [-0.3, -0.25) is 9.69 Å². The number of nitrogens with zero attached hydrogens (tertiary/aromatic N) is 2. The normalized spacial score (nSPS) is 26.1. The molecule has 0 saturated carbocycles. The van der Waals surface area contributed by atoms with E-state index < -0.39 is 0 Å². The Morgan fingerprint density at radius 3 is 2.28 bits per heavy atom. The lowest BCUT2D eigenvalue weighted by Gasteiger charge is -2.41. The van der Waals surface area contributed by atoms with E-state index in [9.17, 15) is 4.79 Å². The molecule has 2 aliphatic rings. The summed E-state index contributed by atoms with van der Waals surface area (Å²) in [6, 6.07) is 0.919. The number of carbonyl (C=O) groups is 1. The molecule has 0 aromatic carbocycles. The van der Waals surface area contributed by atoms with Crippen LogP contribution >= 0.6 is 0 Å². The van der Waals surface area contributed by atoms with E-state index >= 15 is 0 Å². The van der Waals surface area contributed by atoms with E-state index in [0.717, 1.165) is 19.1 Å². The highest BCUT2D eigenvalue weighted by molar-refractivity contribution is 5.83. The third kappa shape index (κ3) is 3.33. The second-order valence-electron chi connectivity index (χ2n) is 5.86. The van der Waals surface area contributed by atoms with E-state index in [1.54, 1.807) is 0 Å². The molecule has 1 atom stereocenters. The molecule has 0 aliphatic carbocycles. The van der Waals surface area contributed by atoms with Gasteiger partial charge in [0, 0.05) is 25.6 Å². The third-order valence-corrected chi connectivity index (χ3v) is 4.77.